The van der Waals surface area contributed by atoms with Gasteiger partial charge in [0, 0.05) is 49.1 Å². The number of carbonyl (C=O) groups is 3. The number of thiophene rings is 1. The molecule has 1 aromatic heterocycles. The molecule has 3 rings (SSSR count). The summed E-state index contributed by atoms with van der Waals surface area (Å²) in [7, 11) is -2.70. The van der Waals surface area contributed by atoms with E-state index in [1.165, 1.54) is 18.0 Å². The number of carbonyl (C=O) groups excluding carboxylic acids is 3. The molecule has 1 saturated heterocycles. The fraction of sp³-hybridized carbons (Fsp3) is 0.581. The van der Waals surface area contributed by atoms with Crippen LogP contribution in [0.2, 0.25) is 9.36 Å². The Morgan fingerprint density at radius 3 is 2.31 bits per heavy atom. The highest BCUT2D eigenvalue weighted by molar-refractivity contribution is 14.1. The van der Waals surface area contributed by atoms with E-state index in [0.29, 0.717) is 51.6 Å². The van der Waals surface area contributed by atoms with Crippen LogP contribution in [0.5, 0.6) is 0 Å². The van der Waals surface area contributed by atoms with Gasteiger partial charge in [-0.05, 0) is 71.5 Å². The summed E-state index contributed by atoms with van der Waals surface area (Å²) in [4.78, 5) is 45.0. The zero-order valence-electron chi connectivity index (χ0n) is 27.1. The van der Waals surface area contributed by atoms with E-state index in [1.807, 2.05) is 43.0 Å². The van der Waals surface area contributed by atoms with Gasteiger partial charge in [-0.3, -0.25) is 19.3 Å². The lowest BCUT2D eigenvalue weighted by Crippen LogP contribution is -2.60. The number of nitrogens with one attached hydrogen (secondary N) is 3. The van der Waals surface area contributed by atoms with Crippen LogP contribution in [-0.4, -0.2) is 106 Å². The molecule has 17 heteroatoms. The minimum absolute atomic E-state index is 0.0943. The summed E-state index contributed by atoms with van der Waals surface area (Å²) in [6.07, 6.45) is 1.42. The Morgan fingerprint density at radius 2 is 1.73 bits per heavy atom. The molecular formula is C31H43Cl3IN5O6S2. The number of rotatable bonds is 18. The average Bonchev–Trinajstić information content (AvgIpc) is 3.40. The van der Waals surface area contributed by atoms with Gasteiger partial charge in [-0.15, -0.1) is 22.9 Å². The third-order valence-electron chi connectivity index (χ3n) is 7.76. The van der Waals surface area contributed by atoms with Crippen molar-refractivity contribution >= 4 is 96.5 Å². The number of hydrogen-bond acceptors (Lipinski definition) is 8. The van der Waals surface area contributed by atoms with E-state index in [1.54, 1.807) is 0 Å². The minimum atomic E-state index is -4.18. The van der Waals surface area contributed by atoms with Gasteiger partial charge >= 0.3 is 0 Å². The first-order valence-corrected chi connectivity index (χ1v) is 20.3. The standard InChI is InChI=1S/C31H43Cl3IN5O6S2/c1-20(2)5-10-24(38-48(44,45)27-18-23(33)28(34)47-27)31(43)39(3)26(17-21-6-8-22(35)9-7-21)30(42)37-25(29(41)36-12-4-11-32)19-40-13-15-46-16-14-40/h6-9,18,20,24-26,38H,4-5,10-17,19H2,1-3H3,(H,36,41)(H,37,42)/t24-,25-,26-/m0/s1. The van der Waals surface area contributed by atoms with Gasteiger partial charge in [0.15, 0.2) is 0 Å². The van der Waals surface area contributed by atoms with Crippen molar-refractivity contribution in [1.29, 1.82) is 0 Å². The molecule has 2 aromatic rings. The predicted octanol–water partition coefficient (Wildman–Crippen LogP) is 4.37. The first-order valence-electron chi connectivity index (χ1n) is 15.6. The van der Waals surface area contributed by atoms with Crippen LogP contribution in [-0.2, 0) is 35.6 Å². The van der Waals surface area contributed by atoms with E-state index in [9.17, 15) is 22.8 Å². The molecule has 1 aliphatic heterocycles. The molecule has 3 amide bonds. The molecule has 0 unspecified atom stereocenters. The molecule has 11 nitrogen and oxygen atoms in total. The lowest BCUT2D eigenvalue weighted by Gasteiger charge is -2.34. The number of ether oxygens (including phenoxy) is 1. The lowest BCUT2D eigenvalue weighted by atomic mass is 10.00. The van der Waals surface area contributed by atoms with Crippen LogP contribution in [0.4, 0.5) is 0 Å². The number of amides is 3. The Hall–Kier alpha value is -1.24. The summed E-state index contributed by atoms with van der Waals surface area (Å²) in [5.74, 6) is -0.949. The minimum Gasteiger partial charge on any atom is -0.379 e. The van der Waals surface area contributed by atoms with Gasteiger partial charge in [-0.1, -0.05) is 49.2 Å². The van der Waals surface area contributed by atoms with Gasteiger partial charge in [0.2, 0.25) is 17.7 Å². The Morgan fingerprint density at radius 1 is 1.06 bits per heavy atom. The third kappa shape index (κ3) is 12.8. The van der Waals surface area contributed by atoms with Gasteiger partial charge in [0.1, 0.15) is 26.7 Å². The summed E-state index contributed by atoms with van der Waals surface area (Å²) in [6, 6.07) is 5.60. The van der Waals surface area contributed by atoms with Crippen molar-refractivity contribution in [3.8, 4) is 0 Å². The molecule has 0 saturated carbocycles. The number of likely N-dealkylation sites (N-methyl/N-ethyl adjacent to an activating group) is 1. The Labute approximate surface area is 315 Å². The number of alkyl halides is 1. The third-order valence-corrected chi connectivity index (χ3v) is 12.6. The van der Waals surface area contributed by atoms with Crippen LogP contribution < -0.4 is 15.4 Å². The second-order valence-corrected chi connectivity index (χ2v) is 17.6. The monoisotopic (exact) mass is 877 g/mol. The average molecular weight is 879 g/mol. The molecule has 2 heterocycles. The topological polar surface area (TPSA) is 137 Å². The van der Waals surface area contributed by atoms with Crippen LogP contribution in [0.15, 0.2) is 34.5 Å². The normalized spacial score (nSPS) is 15.9. The number of benzene rings is 1. The smallest absolute Gasteiger partial charge is 0.250 e. The number of halogens is 4. The molecule has 1 aromatic carbocycles. The van der Waals surface area contributed by atoms with E-state index in [-0.39, 0.29) is 44.8 Å². The van der Waals surface area contributed by atoms with Crippen LogP contribution in [0.3, 0.4) is 0 Å². The quantitative estimate of drug-likeness (QED) is 0.115. The molecule has 48 heavy (non-hydrogen) atoms. The lowest BCUT2D eigenvalue weighted by molar-refractivity contribution is -0.141. The van der Waals surface area contributed by atoms with Crippen LogP contribution in [0.25, 0.3) is 0 Å². The number of morpholine rings is 1. The predicted molar refractivity (Wildman–Crippen MR) is 199 cm³/mol. The van der Waals surface area contributed by atoms with E-state index in [0.717, 1.165) is 20.5 Å². The largest absolute Gasteiger partial charge is 0.379 e. The number of nitrogens with zero attached hydrogens (tertiary/aromatic N) is 2. The maximum absolute atomic E-state index is 14.2. The van der Waals surface area contributed by atoms with Gasteiger partial charge in [-0.2, -0.15) is 4.72 Å². The van der Waals surface area contributed by atoms with Crippen molar-refractivity contribution in [2.45, 2.75) is 61.9 Å². The van der Waals surface area contributed by atoms with E-state index >= 15 is 0 Å². The number of hydrogen-bond donors (Lipinski definition) is 3. The summed E-state index contributed by atoms with van der Waals surface area (Å²) in [5.41, 5.74) is 0.786. The summed E-state index contributed by atoms with van der Waals surface area (Å²) >= 11 is 20.9. The highest BCUT2D eigenvalue weighted by atomic mass is 127. The maximum atomic E-state index is 14.2. The maximum Gasteiger partial charge on any atom is 0.250 e. The molecule has 268 valence electrons. The zero-order chi connectivity index (χ0) is 35.4. The number of sulfonamides is 1. The Kier molecular flexibility index (Phi) is 17.1. The summed E-state index contributed by atoms with van der Waals surface area (Å²) in [6.45, 7) is 6.77. The van der Waals surface area contributed by atoms with Crippen molar-refractivity contribution in [3.05, 3.63) is 48.8 Å². The summed E-state index contributed by atoms with van der Waals surface area (Å²) < 4.78 is 35.8. The van der Waals surface area contributed by atoms with Crippen LogP contribution >= 0.6 is 68.7 Å². The SMILES string of the molecule is CC(C)CC[C@H](NS(=O)(=O)c1cc(Cl)c(Cl)s1)C(=O)N(C)[C@@H](Cc1ccc(I)cc1)C(=O)N[C@@H](CN1CCOCC1)C(=O)NCCCCl. The molecule has 3 atom stereocenters. The fourth-order valence-corrected chi connectivity index (χ4v) is 8.61. The Balaban J connectivity index is 1.92. The van der Waals surface area contributed by atoms with E-state index in [4.69, 9.17) is 39.5 Å². The van der Waals surface area contributed by atoms with Gasteiger partial charge in [0.25, 0.3) is 10.0 Å². The van der Waals surface area contributed by atoms with Crippen molar-refractivity contribution in [3.63, 3.8) is 0 Å². The molecule has 0 aliphatic carbocycles. The van der Waals surface area contributed by atoms with Gasteiger partial charge in [-0.25, -0.2) is 8.42 Å². The fourth-order valence-electron chi connectivity index (χ4n) is 4.99. The second-order valence-electron chi connectivity index (χ2n) is 11.9. The highest BCUT2D eigenvalue weighted by Gasteiger charge is 2.36. The molecular weight excluding hydrogens is 836 g/mol. The van der Waals surface area contributed by atoms with Crippen LogP contribution in [0.1, 0.15) is 38.7 Å². The molecule has 1 aliphatic rings. The first kappa shape index (κ1) is 41.2. The van der Waals surface area contributed by atoms with Gasteiger partial charge < -0.3 is 20.3 Å². The van der Waals surface area contributed by atoms with Crippen molar-refractivity contribution in [2.75, 3.05) is 52.3 Å². The van der Waals surface area contributed by atoms with Crippen molar-refractivity contribution in [2.24, 2.45) is 5.92 Å². The first-order chi connectivity index (χ1) is 22.7. The molecule has 3 N–H and O–H groups in total. The Bertz CT molecular complexity index is 1460. The zero-order valence-corrected chi connectivity index (χ0v) is 33.2. The molecule has 0 bridgehead atoms. The van der Waals surface area contributed by atoms with E-state index < -0.39 is 40.0 Å². The van der Waals surface area contributed by atoms with Crippen LogP contribution in [0, 0.1) is 9.49 Å². The summed E-state index contributed by atoms with van der Waals surface area (Å²) in [5, 5.41) is 5.84. The second kappa shape index (κ2) is 20.0. The highest BCUT2D eigenvalue weighted by Crippen LogP contribution is 2.34. The van der Waals surface area contributed by atoms with Gasteiger partial charge in [0.05, 0.1) is 18.2 Å². The van der Waals surface area contributed by atoms with Crippen molar-refractivity contribution in [1.82, 2.24) is 25.2 Å². The molecule has 0 spiro atoms. The molecule has 0 radical (unpaired) electrons. The van der Waals surface area contributed by atoms with Crippen molar-refractivity contribution < 1.29 is 27.5 Å². The van der Waals surface area contributed by atoms with E-state index in [2.05, 4.69) is 37.9 Å². The molecule has 1 fully saturated rings.